The number of nitrogens with one attached hydrogen (secondary N) is 1. The van der Waals surface area contributed by atoms with Crippen LogP contribution in [0.3, 0.4) is 0 Å². The second kappa shape index (κ2) is 6.42. The van der Waals surface area contributed by atoms with Crippen LogP contribution in [0.2, 0.25) is 0 Å². The minimum Gasteiger partial charge on any atom is -0.370 e. The summed E-state index contributed by atoms with van der Waals surface area (Å²) >= 11 is 0. The molecule has 1 aliphatic rings. The van der Waals surface area contributed by atoms with E-state index in [1.807, 2.05) is 6.92 Å². The first-order valence-electron chi connectivity index (χ1n) is 7.90. The fourth-order valence-corrected chi connectivity index (χ4v) is 2.94. The second-order valence-electron chi connectivity index (χ2n) is 6.05. The van der Waals surface area contributed by atoms with Crippen LogP contribution in [0.15, 0.2) is 0 Å². The molecule has 0 radical (unpaired) electrons. The average Bonchev–Trinajstić information content (AvgIpc) is 2.42. The van der Waals surface area contributed by atoms with Crippen molar-refractivity contribution in [1.29, 1.82) is 0 Å². The molecule has 2 atom stereocenters. The Balaban J connectivity index is 2.32. The van der Waals surface area contributed by atoms with E-state index in [-0.39, 0.29) is 0 Å². The van der Waals surface area contributed by atoms with Crippen LogP contribution in [0, 0.1) is 19.8 Å². The van der Waals surface area contributed by atoms with Crippen molar-refractivity contribution in [3.05, 3.63) is 11.4 Å². The van der Waals surface area contributed by atoms with Crippen molar-refractivity contribution in [2.75, 3.05) is 23.3 Å². The maximum Gasteiger partial charge on any atom is 0.137 e. The molecule has 0 spiro atoms. The van der Waals surface area contributed by atoms with Crippen LogP contribution in [0.4, 0.5) is 11.6 Å². The van der Waals surface area contributed by atoms with Gasteiger partial charge in [-0.15, -0.1) is 0 Å². The van der Waals surface area contributed by atoms with Gasteiger partial charge in [-0.1, -0.05) is 13.8 Å². The summed E-state index contributed by atoms with van der Waals surface area (Å²) in [6.45, 7) is 13.0. The number of nitrogens with zero attached hydrogens (tertiary/aromatic N) is 3. The summed E-state index contributed by atoms with van der Waals surface area (Å²) in [5, 5.41) is 3.43. The summed E-state index contributed by atoms with van der Waals surface area (Å²) in [6, 6.07) is 0.552. The molecule has 0 aromatic carbocycles. The first-order chi connectivity index (χ1) is 9.54. The van der Waals surface area contributed by atoms with Gasteiger partial charge in [-0.3, -0.25) is 0 Å². The number of piperidine rings is 1. The molecular weight excluding hydrogens is 248 g/mol. The number of hydrogen-bond acceptors (Lipinski definition) is 4. The lowest BCUT2D eigenvalue weighted by atomic mass is 9.92. The maximum absolute atomic E-state index is 4.72. The first-order valence-corrected chi connectivity index (χ1v) is 7.90. The van der Waals surface area contributed by atoms with Crippen molar-refractivity contribution < 1.29 is 0 Å². The molecule has 1 fully saturated rings. The fourth-order valence-electron chi connectivity index (χ4n) is 2.94. The predicted molar refractivity (Wildman–Crippen MR) is 85.5 cm³/mol. The standard InChI is InChI=1S/C16H28N4/c1-6-9-17-15-12(3)16(19-14(5)18-15)20-10-7-8-11(2)13(20)4/h11,13H,6-10H2,1-5H3,(H,17,18,19). The predicted octanol–water partition coefficient (Wildman–Crippen LogP) is 3.54. The van der Waals surface area contributed by atoms with Crippen LogP contribution < -0.4 is 10.2 Å². The molecule has 2 unspecified atom stereocenters. The smallest absolute Gasteiger partial charge is 0.137 e. The van der Waals surface area contributed by atoms with Crippen molar-refractivity contribution in [3.63, 3.8) is 0 Å². The van der Waals surface area contributed by atoms with Crippen molar-refractivity contribution in [2.45, 2.75) is 59.9 Å². The third-order valence-corrected chi connectivity index (χ3v) is 4.42. The largest absolute Gasteiger partial charge is 0.370 e. The molecule has 2 rings (SSSR count). The summed E-state index contributed by atoms with van der Waals surface area (Å²) in [5.41, 5.74) is 1.19. The van der Waals surface area contributed by atoms with Gasteiger partial charge in [0.2, 0.25) is 0 Å². The molecule has 0 bridgehead atoms. The molecule has 1 saturated heterocycles. The molecule has 1 N–H and O–H groups in total. The molecular formula is C16H28N4. The van der Waals surface area contributed by atoms with Gasteiger partial charge >= 0.3 is 0 Å². The van der Waals surface area contributed by atoms with E-state index in [1.54, 1.807) is 0 Å². The molecule has 0 amide bonds. The highest BCUT2D eigenvalue weighted by atomic mass is 15.2. The van der Waals surface area contributed by atoms with E-state index in [0.717, 1.165) is 42.9 Å². The summed E-state index contributed by atoms with van der Waals surface area (Å²) in [6.07, 6.45) is 3.68. The van der Waals surface area contributed by atoms with Gasteiger partial charge in [0.05, 0.1) is 0 Å². The molecule has 4 heteroatoms. The van der Waals surface area contributed by atoms with Crippen LogP contribution in [0.1, 0.15) is 51.4 Å². The zero-order chi connectivity index (χ0) is 14.7. The summed E-state index contributed by atoms with van der Waals surface area (Å²) in [7, 11) is 0. The van der Waals surface area contributed by atoms with Gasteiger partial charge in [-0.2, -0.15) is 0 Å². The van der Waals surface area contributed by atoms with E-state index in [1.165, 1.54) is 18.4 Å². The lowest BCUT2D eigenvalue weighted by molar-refractivity contribution is 0.361. The number of rotatable bonds is 4. The minimum absolute atomic E-state index is 0.552. The summed E-state index contributed by atoms with van der Waals surface area (Å²) in [4.78, 5) is 11.8. The van der Waals surface area contributed by atoms with E-state index in [9.17, 15) is 0 Å². The van der Waals surface area contributed by atoms with Gasteiger partial charge in [0.1, 0.15) is 17.5 Å². The van der Waals surface area contributed by atoms with Crippen molar-refractivity contribution in [3.8, 4) is 0 Å². The lowest BCUT2D eigenvalue weighted by Crippen LogP contribution is -2.43. The number of aromatic nitrogens is 2. The normalized spacial score (nSPS) is 22.9. The van der Waals surface area contributed by atoms with E-state index < -0.39 is 0 Å². The summed E-state index contributed by atoms with van der Waals surface area (Å²) < 4.78 is 0. The Kier molecular flexibility index (Phi) is 4.84. The molecule has 0 saturated carbocycles. The molecule has 2 heterocycles. The lowest BCUT2D eigenvalue weighted by Gasteiger charge is -2.39. The highest BCUT2D eigenvalue weighted by Crippen LogP contribution is 2.31. The number of aryl methyl sites for hydroxylation is 1. The maximum atomic E-state index is 4.72. The van der Waals surface area contributed by atoms with Crippen molar-refractivity contribution in [2.24, 2.45) is 5.92 Å². The van der Waals surface area contributed by atoms with Crippen LogP contribution in [-0.2, 0) is 0 Å². The zero-order valence-corrected chi connectivity index (χ0v) is 13.5. The van der Waals surface area contributed by atoms with E-state index in [4.69, 9.17) is 4.98 Å². The van der Waals surface area contributed by atoms with Crippen LogP contribution in [0.25, 0.3) is 0 Å². The monoisotopic (exact) mass is 276 g/mol. The van der Waals surface area contributed by atoms with Gasteiger partial charge in [-0.25, -0.2) is 9.97 Å². The van der Waals surface area contributed by atoms with Gasteiger partial charge in [0.25, 0.3) is 0 Å². The Morgan fingerprint density at radius 1 is 1.25 bits per heavy atom. The van der Waals surface area contributed by atoms with Crippen LogP contribution in [-0.4, -0.2) is 29.1 Å². The molecule has 1 aromatic rings. The van der Waals surface area contributed by atoms with Gasteiger partial charge in [-0.05, 0) is 46.0 Å². The zero-order valence-electron chi connectivity index (χ0n) is 13.5. The Bertz CT molecular complexity index is 458. The number of hydrogen-bond donors (Lipinski definition) is 1. The van der Waals surface area contributed by atoms with Crippen molar-refractivity contribution in [1.82, 2.24) is 9.97 Å². The molecule has 1 aromatic heterocycles. The van der Waals surface area contributed by atoms with Gasteiger partial charge < -0.3 is 10.2 Å². The Hall–Kier alpha value is -1.32. The molecule has 20 heavy (non-hydrogen) atoms. The van der Waals surface area contributed by atoms with E-state index in [2.05, 4.69) is 42.9 Å². The van der Waals surface area contributed by atoms with Crippen LogP contribution >= 0.6 is 0 Å². The third-order valence-electron chi connectivity index (χ3n) is 4.42. The fraction of sp³-hybridized carbons (Fsp3) is 0.750. The molecule has 1 aliphatic heterocycles. The Morgan fingerprint density at radius 2 is 2.00 bits per heavy atom. The Morgan fingerprint density at radius 3 is 2.70 bits per heavy atom. The molecule has 4 nitrogen and oxygen atoms in total. The average molecular weight is 276 g/mol. The van der Waals surface area contributed by atoms with Crippen LogP contribution in [0.5, 0.6) is 0 Å². The minimum atomic E-state index is 0.552. The highest BCUT2D eigenvalue weighted by Gasteiger charge is 2.27. The van der Waals surface area contributed by atoms with E-state index in [0.29, 0.717) is 6.04 Å². The van der Waals surface area contributed by atoms with Gasteiger partial charge in [0, 0.05) is 24.7 Å². The molecule has 112 valence electrons. The Labute approximate surface area is 123 Å². The van der Waals surface area contributed by atoms with Gasteiger partial charge in [0.15, 0.2) is 0 Å². The molecule has 0 aliphatic carbocycles. The number of anilines is 2. The summed E-state index contributed by atoms with van der Waals surface area (Å²) in [5.74, 6) is 3.70. The third kappa shape index (κ3) is 3.05. The second-order valence-corrected chi connectivity index (χ2v) is 6.05. The van der Waals surface area contributed by atoms with E-state index >= 15 is 0 Å². The first kappa shape index (κ1) is 15.1. The SMILES string of the molecule is CCCNc1nc(C)nc(N2CCCC(C)C2C)c1C. The quantitative estimate of drug-likeness (QED) is 0.913. The highest BCUT2D eigenvalue weighted by molar-refractivity contribution is 5.59. The van der Waals surface area contributed by atoms with Crippen molar-refractivity contribution >= 4 is 11.6 Å². The topological polar surface area (TPSA) is 41.1 Å².